The van der Waals surface area contributed by atoms with E-state index in [1.165, 1.54) is 17.3 Å². The van der Waals surface area contributed by atoms with Crippen LogP contribution in [0.3, 0.4) is 0 Å². The Kier molecular flexibility index (Phi) is 5.68. The van der Waals surface area contributed by atoms with Gasteiger partial charge < -0.3 is 14.8 Å². The lowest BCUT2D eigenvalue weighted by Crippen LogP contribution is -2.20. The van der Waals surface area contributed by atoms with E-state index in [0.717, 1.165) is 0 Å². The van der Waals surface area contributed by atoms with E-state index < -0.39 is 0 Å². The summed E-state index contributed by atoms with van der Waals surface area (Å²) in [5.74, 6) is -0.283. The summed E-state index contributed by atoms with van der Waals surface area (Å²) in [5, 5.41) is 7.28. The number of amides is 1. The van der Waals surface area contributed by atoms with Gasteiger partial charge in [-0.25, -0.2) is 9.67 Å². The van der Waals surface area contributed by atoms with Crippen molar-refractivity contribution in [3.8, 4) is 5.69 Å². The van der Waals surface area contributed by atoms with E-state index in [-0.39, 0.29) is 12.5 Å². The molecule has 0 bridgehead atoms. The topological polar surface area (TPSA) is 78.3 Å². The average Bonchev–Trinajstić information content (AvgIpc) is 2.98. The van der Waals surface area contributed by atoms with Crippen LogP contribution in [-0.2, 0) is 14.3 Å². The number of rotatable bonds is 7. The number of carbonyl (C=O) groups excluding carboxylic acids is 1. The van der Waals surface area contributed by atoms with Crippen LogP contribution in [0.1, 0.15) is 0 Å². The van der Waals surface area contributed by atoms with Crippen LogP contribution >= 0.6 is 11.6 Å². The highest BCUT2D eigenvalue weighted by Crippen LogP contribution is 2.23. The molecule has 8 heteroatoms. The Hall–Kier alpha value is -1.96. The zero-order valence-electron chi connectivity index (χ0n) is 11.5. The molecule has 2 rings (SSSR count). The van der Waals surface area contributed by atoms with Gasteiger partial charge in [-0.3, -0.25) is 4.79 Å². The number of hydrogen-bond donors (Lipinski definition) is 1. The third-order valence-corrected chi connectivity index (χ3v) is 2.80. The Morgan fingerprint density at radius 1 is 1.43 bits per heavy atom. The summed E-state index contributed by atoms with van der Waals surface area (Å²) in [6.07, 6.45) is 2.95. The fraction of sp³-hybridized carbons (Fsp3) is 0.308. The van der Waals surface area contributed by atoms with Gasteiger partial charge in [-0.1, -0.05) is 11.6 Å². The maximum atomic E-state index is 11.8. The van der Waals surface area contributed by atoms with Gasteiger partial charge in [0, 0.05) is 12.1 Å². The second-order valence-corrected chi connectivity index (χ2v) is 4.53. The highest BCUT2D eigenvalue weighted by atomic mass is 35.5. The SMILES string of the molecule is COCCOCC(=O)Nc1cc(Cl)ccc1-n1cncn1. The molecule has 0 unspecified atom stereocenters. The minimum atomic E-state index is -0.283. The molecule has 0 saturated heterocycles. The Morgan fingerprint density at radius 3 is 3.00 bits per heavy atom. The molecule has 1 amide bonds. The lowest BCUT2D eigenvalue weighted by molar-refractivity contribution is -0.121. The number of halogens is 1. The van der Waals surface area contributed by atoms with E-state index in [1.54, 1.807) is 25.3 Å². The third kappa shape index (κ3) is 4.52. The molecule has 21 heavy (non-hydrogen) atoms. The van der Waals surface area contributed by atoms with Crippen LogP contribution in [0.15, 0.2) is 30.9 Å². The smallest absolute Gasteiger partial charge is 0.250 e. The van der Waals surface area contributed by atoms with Crippen molar-refractivity contribution in [2.45, 2.75) is 0 Å². The minimum Gasteiger partial charge on any atom is -0.382 e. The van der Waals surface area contributed by atoms with Crippen molar-refractivity contribution in [1.82, 2.24) is 14.8 Å². The quantitative estimate of drug-likeness (QED) is 0.785. The van der Waals surface area contributed by atoms with Gasteiger partial charge in [0.15, 0.2) is 0 Å². The van der Waals surface area contributed by atoms with E-state index in [9.17, 15) is 4.79 Å². The fourth-order valence-corrected chi connectivity index (χ4v) is 1.81. The number of ether oxygens (including phenoxy) is 2. The van der Waals surface area contributed by atoms with Crippen molar-refractivity contribution in [3.63, 3.8) is 0 Å². The largest absolute Gasteiger partial charge is 0.382 e. The van der Waals surface area contributed by atoms with Gasteiger partial charge in [0.1, 0.15) is 19.3 Å². The molecule has 7 nitrogen and oxygen atoms in total. The summed E-state index contributed by atoms with van der Waals surface area (Å²) >= 11 is 5.96. The zero-order valence-corrected chi connectivity index (χ0v) is 12.2. The van der Waals surface area contributed by atoms with Crippen molar-refractivity contribution in [3.05, 3.63) is 35.9 Å². The van der Waals surface area contributed by atoms with Crippen LogP contribution in [-0.4, -0.2) is 47.6 Å². The summed E-state index contributed by atoms with van der Waals surface area (Å²) in [5.41, 5.74) is 1.20. The molecule has 1 aromatic heterocycles. The molecule has 0 aliphatic heterocycles. The minimum absolute atomic E-state index is 0.0628. The molecule has 1 aromatic carbocycles. The van der Waals surface area contributed by atoms with Gasteiger partial charge in [0.2, 0.25) is 5.91 Å². The number of nitrogens with one attached hydrogen (secondary N) is 1. The maximum Gasteiger partial charge on any atom is 0.250 e. The van der Waals surface area contributed by atoms with Crippen molar-refractivity contribution >= 4 is 23.2 Å². The fourth-order valence-electron chi connectivity index (χ4n) is 1.63. The highest BCUT2D eigenvalue weighted by molar-refractivity contribution is 6.31. The monoisotopic (exact) mass is 310 g/mol. The predicted octanol–water partition coefficient (Wildman–Crippen LogP) is 1.52. The van der Waals surface area contributed by atoms with Gasteiger partial charge in [0.05, 0.1) is 24.6 Å². The molecule has 0 aliphatic carbocycles. The molecule has 1 heterocycles. The second-order valence-electron chi connectivity index (χ2n) is 4.10. The van der Waals surface area contributed by atoms with Gasteiger partial charge >= 0.3 is 0 Å². The number of aromatic nitrogens is 3. The first kappa shape index (κ1) is 15.4. The van der Waals surface area contributed by atoms with Gasteiger partial charge in [-0.05, 0) is 18.2 Å². The standard InChI is InChI=1S/C13H15ClN4O3/c1-20-4-5-21-7-13(19)17-11-6-10(14)2-3-12(11)18-9-15-8-16-18/h2-3,6,8-9H,4-5,7H2,1H3,(H,17,19). The first-order valence-corrected chi connectivity index (χ1v) is 6.59. The van der Waals surface area contributed by atoms with Crippen molar-refractivity contribution in [1.29, 1.82) is 0 Å². The molecule has 0 fully saturated rings. The second kappa shape index (κ2) is 7.72. The molecule has 0 spiro atoms. The molecule has 1 N–H and O–H groups in total. The van der Waals surface area contributed by atoms with Gasteiger partial charge in [-0.15, -0.1) is 0 Å². The number of methoxy groups -OCH3 is 1. The predicted molar refractivity (Wildman–Crippen MR) is 77.7 cm³/mol. The van der Waals surface area contributed by atoms with E-state index in [0.29, 0.717) is 29.6 Å². The summed E-state index contributed by atoms with van der Waals surface area (Å²) in [7, 11) is 1.57. The first-order valence-electron chi connectivity index (χ1n) is 6.22. The normalized spacial score (nSPS) is 10.6. The summed E-state index contributed by atoms with van der Waals surface area (Å²) < 4.78 is 11.5. The van der Waals surface area contributed by atoms with Crippen LogP contribution in [0.5, 0.6) is 0 Å². The lowest BCUT2D eigenvalue weighted by atomic mass is 10.2. The maximum absolute atomic E-state index is 11.8. The van der Waals surface area contributed by atoms with Crippen molar-refractivity contribution in [2.75, 3.05) is 32.2 Å². The van der Waals surface area contributed by atoms with Gasteiger partial charge in [-0.2, -0.15) is 5.10 Å². The highest BCUT2D eigenvalue weighted by Gasteiger charge is 2.10. The number of benzene rings is 1. The Morgan fingerprint density at radius 2 is 2.29 bits per heavy atom. The number of hydrogen-bond acceptors (Lipinski definition) is 5. The van der Waals surface area contributed by atoms with Crippen molar-refractivity contribution in [2.24, 2.45) is 0 Å². The van der Waals surface area contributed by atoms with E-state index in [2.05, 4.69) is 15.4 Å². The van der Waals surface area contributed by atoms with Crippen LogP contribution < -0.4 is 5.32 Å². The third-order valence-electron chi connectivity index (χ3n) is 2.56. The van der Waals surface area contributed by atoms with Crippen LogP contribution in [0.2, 0.25) is 5.02 Å². The summed E-state index contributed by atoms with van der Waals surface area (Å²) in [6.45, 7) is 0.733. The average molecular weight is 311 g/mol. The van der Waals surface area contributed by atoms with Crippen molar-refractivity contribution < 1.29 is 14.3 Å². The first-order chi connectivity index (χ1) is 10.2. The molecule has 112 valence electrons. The lowest BCUT2D eigenvalue weighted by Gasteiger charge is -2.11. The van der Waals surface area contributed by atoms with E-state index >= 15 is 0 Å². The van der Waals surface area contributed by atoms with Crippen LogP contribution in [0.25, 0.3) is 5.69 Å². The Labute approximate surface area is 126 Å². The molecule has 0 atom stereocenters. The summed E-state index contributed by atoms with van der Waals surface area (Å²) in [6, 6.07) is 5.10. The number of anilines is 1. The van der Waals surface area contributed by atoms with E-state index in [4.69, 9.17) is 21.1 Å². The molecule has 2 aromatic rings. The molecular weight excluding hydrogens is 296 g/mol. The molecule has 0 aliphatic rings. The molecular formula is C13H15ClN4O3. The van der Waals surface area contributed by atoms with Crippen LogP contribution in [0, 0.1) is 0 Å². The number of nitrogens with zero attached hydrogens (tertiary/aromatic N) is 3. The van der Waals surface area contributed by atoms with E-state index in [1.807, 2.05) is 0 Å². The van der Waals surface area contributed by atoms with Gasteiger partial charge in [0.25, 0.3) is 0 Å². The zero-order chi connectivity index (χ0) is 15.1. The summed E-state index contributed by atoms with van der Waals surface area (Å²) in [4.78, 5) is 15.7. The number of carbonyl (C=O) groups is 1. The molecule has 0 radical (unpaired) electrons. The molecule has 0 saturated carbocycles. The Bertz CT molecular complexity index is 589. The Balaban J connectivity index is 2.05. The van der Waals surface area contributed by atoms with Crippen LogP contribution in [0.4, 0.5) is 5.69 Å².